The number of hydrogen-bond donors (Lipinski definition) is 22. The van der Waals surface area contributed by atoms with Gasteiger partial charge in [0.05, 0.1) is 137 Å². The number of aliphatic hydroxyl groups is 1. The maximum Gasteiger partial charge on any atom is 0.305 e. The summed E-state index contributed by atoms with van der Waals surface area (Å²) in [6.45, 7) is 13.2. The van der Waals surface area contributed by atoms with E-state index in [0.29, 0.717) is 98.9 Å². The summed E-state index contributed by atoms with van der Waals surface area (Å²) in [5, 5.41) is 67.0. The Morgan fingerprint density at radius 1 is 0.518 bits per heavy atom. The minimum atomic E-state index is -1.91. The number of nitrogens with zero attached hydrogens (tertiary/aromatic N) is 1. The molecule has 3 unspecified atom stereocenters. The highest BCUT2D eigenvalue weighted by Gasteiger charge is 2.39. The number of carbonyl (C=O) groups excluding carboxylic acids is 15. The van der Waals surface area contributed by atoms with E-state index in [1.807, 2.05) is 0 Å². The number of rotatable bonds is 49. The van der Waals surface area contributed by atoms with Gasteiger partial charge < -0.3 is 154 Å². The van der Waals surface area contributed by atoms with Crippen molar-refractivity contribution in [2.24, 2.45) is 23.3 Å². The van der Waals surface area contributed by atoms with Crippen LogP contribution < -0.4 is 85.9 Å². The number of aromatic nitrogens is 4. The van der Waals surface area contributed by atoms with Gasteiger partial charge in [0.25, 0.3) is 0 Å². The van der Waals surface area contributed by atoms with Gasteiger partial charge in [0.2, 0.25) is 88.6 Å². The number of nitrogens with two attached hydrogens (primary N) is 2. The number of carboxylic acid groups (broad SMARTS) is 2. The lowest BCUT2D eigenvalue weighted by Gasteiger charge is -2.29. The Morgan fingerprint density at radius 2 is 1.00 bits per heavy atom. The van der Waals surface area contributed by atoms with Crippen LogP contribution in [0.5, 0.6) is 0 Å². The molecule has 758 valence electrons. The fraction of sp³-hybridized carbons (Fsp3) is 0.586. The molecule has 137 heavy (non-hydrogen) atoms. The normalized spacial score (nSPS) is 20.6. The summed E-state index contributed by atoms with van der Waals surface area (Å²) in [6.07, 6.45) is 0.247. The van der Waals surface area contributed by atoms with Crippen LogP contribution in [0.4, 0.5) is 0 Å². The number of H-pyrrole nitrogens is 3. The average molecular weight is 1970 g/mol. The van der Waals surface area contributed by atoms with Gasteiger partial charge >= 0.3 is 11.9 Å². The maximum absolute atomic E-state index is 15.3. The molecule has 24 N–H and O–H groups in total. The molecule has 48 nitrogen and oxygen atoms in total. The maximum atomic E-state index is 15.3. The summed E-state index contributed by atoms with van der Waals surface area (Å²) < 4.78 is 44.0. The van der Waals surface area contributed by atoms with E-state index in [0.717, 1.165) is 28.5 Å². The largest absolute Gasteiger partial charge is 0.481 e. The van der Waals surface area contributed by atoms with E-state index in [1.54, 1.807) is 88.6 Å². The van der Waals surface area contributed by atoms with Gasteiger partial charge in [0, 0.05) is 104 Å². The van der Waals surface area contributed by atoms with Crippen LogP contribution in [-0.2, 0) is 139 Å². The first-order valence-electron chi connectivity index (χ1n) is 44.7. The fourth-order valence-electron chi connectivity index (χ4n) is 13.4. The van der Waals surface area contributed by atoms with Crippen molar-refractivity contribution in [1.29, 1.82) is 0 Å². The van der Waals surface area contributed by atoms with Gasteiger partial charge in [0.15, 0.2) is 0 Å². The number of carboxylic acids is 2. The van der Waals surface area contributed by atoms with Crippen molar-refractivity contribution in [3.8, 4) is 0 Å². The van der Waals surface area contributed by atoms with Gasteiger partial charge in [0.1, 0.15) is 72.5 Å². The van der Waals surface area contributed by atoms with Crippen molar-refractivity contribution in [3.63, 3.8) is 0 Å². The predicted octanol–water partition coefficient (Wildman–Crippen LogP) is -4.73. The molecule has 13 atom stereocenters. The zero-order valence-corrected chi connectivity index (χ0v) is 79.2. The highest BCUT2D eigenvalue weighted by Crippen LogP contribution is 2.26. The third-order valence-electron chi connectivity index (χ3n) is 20.6. The number of amides is 15. The Bertz CT molecular complexity index is 4740. The number of aliphatic carboxylic acids is 2. The molecular weight excluding hydrogens is 1840 g/mol. The van der Waals surface area contributed by atoms with E-state index in [4.69, 9.17) is 49.4 Å². The first-order valence-corrected chi connectivity index (χ1v) is 47.2. The number of aliphatic hydroxyl groups excluding tert-OH is 1. The van der Waals surface area contributed by atoms with Gasteiger partial charge in [-0.15, -0.1) is 0 Å². The second kappa shape index (κ2) is 62.0. The number of ether oxygens (including phenoxy) is 8. The van der Waals surface area contributed by atoms with Gasteiger partial charge in [-0.05, 0) is 61.8 Å². The number of para-hydroxylation sites is 2. The molecular formula is C87H130N20O28S2. The van der Waals surface area contributed by atoms with Crippen molar-refractivity contribution in [2.45, 2.75) is 178 Å². The van der Waals surface area contributed by atoms with Crippen LogP contribution in [0, 0.1) is 11.8 Å². The molecule has 15 amide bonds. The predicted molar refractivity (Wildman–Crippen MR) is 496 cm³/mol. The van der Waals surface area contributed by atoms with E-state index in [-0.39, 0.29) is 89.5 Å². The molecule has 0 aliphatic carbocycles. The van der Waals surface area contributed by atoms with Crippen molar-refractivity contribution in [3.05, 3.63) is 90.3 Å². The molecule has 1 aliphatic rings. The number of primary amides is 1. The van der Waals surface area contributed by atoms with Crippen molar-refractivity contribution in [2.75, 3.05) is 137 Å². The van der Waals surface area contributed by atoms with Gasteiger partial charge in [-0.3, -0.25) is 81.5 Å². The molecule has 6 rings (SSSR count). The molecule has 50 heteroatoms. The van der Waals surface area contributed by atoms with Crippen LogP contribution >= 0.6 is 21.6 Å². The van der Waals surface area contributed by atoms with E-state index in [9.17, 15) is 82.4 Å². The van der Waals surface area contributed by atoms with Crippen LogP contribution in [0.15, 0.2) is 73.4 Å². The zero-order chi connectivity index (χ0) is 100. The van der Waals surface area contributed by atoms with Gasteiger partial charge in [-0.1, -0.05) is 85.7 Å². The Balaban J connectivity index is 1.27. The van der Waals surface area contributed by atoms with Crippen LogP contribution in [0.2, 0.25) is 0 Å². The highest BCUT2D eigenvalue weighted by molar-refractivity contribution is 8.76. The third-order valence-corrected chi connectivity index (χ3v) is 23.1. The standard InChI is InChI=1S/C87H130N20O28S2/c1-49(2)36-62-84(124)106-74(50(3)4)87(127)102-64(38-55-43-93-60-15-11-9-13-58(55)60)81(121)105-69(86(126)107-75(52(6)108)76(89)116)47-137-136-46-68(104-83(123)66(40-73(114)115)98-70(110)18-20-128-22-24-130-26-28-132-30-32-134-34-35-135-33-31-133-29-27-131-25-23-129-21-19-91-53(7)109)85(125)96-51(5)77(117)99-63(37-54-42-92-59-14-10-8-12-57(54)59)80(120)101-65(39-56-44-90-48-95-56)82(122)103-67(41-88)78(118)94-45-71(111)97-61(79(119)100-62)16-17-72(112)113/h8-15,42-44,48-52,61-69,74-75,92-93,108H,16-41,45-47,88H2,1-7H3,(H2,89,116)(H,90,95)(H,91,109)(H,94,118)(H,96,125)(H,97,111)(H,98,110)(H,99,117)(H,100,119)(H,101,120)(H,102,127)(H,103,122)(H,104,123)(H,105,121)(H,106,124)(H,107,126)(H,112,113)(H,114,115)/t51-,52?,61+,62-,63+,64+,65+,66+,67+,68-,69-,74?,75?/m1/s1. The van der Waals surface area contributed by atoms with Gasteiger partial charge in [-0.2, -0.15) is 0 Å². The molecule has 3 aromatic heterocycles. The fourth-order valence-corrected chi connectivity index (χ4v) is 15.7. The summed E-state index contributed by atoms with van der Waals surface area (Å²) >= 11 is 0. The van der Waals surface area contributed by atoms with Gasteiger partial charge in [-0.25, -0.2) is 4.98 Å². The second-order valence-electron chi connectivity index (χ2n) is 32.5. The third kappa shape index (κ3) is 42.7. The molecule has 0 bridgehead atoms. The Hall–Kier alpha value is -12.0. The second-order valence-corrected chi connectivity index (χ2v) is 35.0. The summed E-state index contributed by atoms with van der Waals surface area (Å²) in [4.78, 5) is 251. The lowest BCUT2D eigenvalue weighted by atomic mass is 9.98. The number of imidazole rings is 1. The molecule has 2 aromatic carbocycles. The van der Waals surface area contributed by atoms with Crippen molar-refractivity contribution >= 4 is 144 Å². The summed E-state index contributed by atoms with van der Waals surface area (Å²) in [5.74, 6) is -20.4. The van der Waals surface area contributed by atoms with E-state index >= 15 is 14.4 Å². The number of carbonyl (C=O) groups is 17. The monoisotopic (exact) mass is 1970 g/mol. The van der Waals surface area contributed by atoms with E-state index in [1.165, 1.54) is 26.4 Å². The molecule has 1 saturated heterocycles. The molecule has 1 aliphatic heterocycles. The van der Waals surface area contributed by atoms with E-state index < -0.39 is 229 Å². The number of fused-ring (bicyclic) bond motifs is 2. The molecule has 1 fully saturated rings. The number of benzene rings is 2. The number of hydrogen-bond acceptors (Lipinski definition) is 30. The molecule has 0 radical (unpaired) electrons. The van der Waals surface area contributed by atoms with Crippen LogP contribution in [0.1, 0.15) is 97.4 Å². The Kier molecular flexibility index (Phi) is 51.5. The van der Waals surface area contributed by atoms with Crippen LogP contribution in [0.25, 0.3) is 21.8 Å². The average Bonchev–Trinajstić information content (AvgIpc) is 1.74. The Labute approximate surface area is 798 Å². The molecule has 0 spiro atoms. The highest BCUT2D eigenvalue weighted by atomic mass is 33.1. The minimum absolute atomic E-state index is 0.00543. The lowest BCUT2D eigenvalue weighted by molar-refractivity contribution is -0.141. The minimum Gasteiger partial charge on any atom is -0.481 e. The smallest absolute Gasteiger partial charge is 0.305 e. The van der Waals surface area contributed by atoms with Crippen molar-refractivity contribution in [1.82, 2.24) is 94.4 Å². The van der Waals surface area contributed by atoms with Crippen molar-refractivity contribution < 1.29 is 135 Å². The first-order chi connectivity index (χ1) is 65.5. The first kappa shape index (κ1) is 114. The topological polar surface area (TPSA) is 705 Å². The summed E-state index contributed by atoms with van der Waals surface area (Å²) in [5.41, 5.74) is 14.0. The lowest BCUT2D eigenvalue weighted by Crippen LogP contribution is -2.61. The Morgan fingerprint density at radius 3 is 1.50 bits per heavy atom. The SMILES string of the molecule is CC(=O)NCCOCCOCCOCCOCCOCCOCCOCCOCCC(=O)N[C@@H](CC(=O)O)C(=O)N[C@@H]1CSSC[C@H](C(=O)NC(C(N)=O)C(C)O)NC(=O)[C@H](Cc2c[nH]c3ccccc23)NC(=O)C(C(C)C)NC(=O)[C@@H](CC(C)C)NC(=O)[C@H](CCC(=O)O)NC(=O)CNC(=O)[C@H](CN)NC(=O)[C@H](Cc2c[nH]cn2)NC(=O)[C@H](Cc2c[nH]c3ccccc23)NC(=O)[C@@H](C)NC1=O. The van der Waals surface area contributed by atoms with Crippen LogP contribution in [-0.4, -0.2) is 351 Å². The molecule has 0 saturated carbocycles. The quantitative estimate of drug-likeness (QED) is 0.0128. The molecule has 4 heterocycles. The molecule has 5 aromatic rings. The number of aromatic amines is 3. The van der Waals surface area contributed by atoms with Crippen LogP contribution in [0.3, 0.4) is 0 Å². The summed E-state index contributed by atoms with van der Waals surface area (Å²) in [6, 6.07) is -6.60. The van der Waals surface area contributed by atoms with E-state index in [2.05, 4.69) is 94.4 Å². The zero-order valence-electron chi connectivity index (χ0n) is 77.6. The number of nitrogens with one attached hydrogen (secondary N) is 17. The summed E-state index contributed by atoms with van der Waals surface area (Å²) in [7, 11) is 1.48.